The molecule has 0 bridgehead atoms. The van der Waals surface area contributed by atoms with E-state index >= 15 is 0 Å². The van der Waals surface area contributed by atoms with Gasteiger partial charge in [-0.3, -0.25) is 9.69 Å². The maximum atomic E-state index is 12.7. The molecular weight excluding hydrogens is 336 g/mol. The minimum atomic E-state index is 0.102. The van der Waals surface area contributed by atoms with Crippen molar-refractivity contribution in [3.05, 3.63) is 65.7 Å². The van der Waals surface area contributed by atoms with Crippen molar-refractivity contribution >= 4 is 17.3 Å². The summed E-state index contributed by atoms with van der Waals surface area (Å²) in [6, 6.07) is 18.6. The normalized spacial score (nSPS) is 17.9. The van der Waals surface area contributed by atoms with E-state index in [-0.39, 0.29) is 5.91 Å². The molecule has 5 heteroatoms. The van der Waals surface area contributed by atoms with Gasteiger partial charge in [-0.2, -0.15) is 5.10 Å². The second-order valence-electron chi connectivity index (χ2n) is 7.23. The molecule has 0 aliphatic carbocycles. The Morgan fingerprint density at radius 3 is 2.37 bits per heavy atom. The highest BCUT2D eigenvalue weighted by molar-refractivity contribution is 6.02. The lowest BCUT2D eigenvalue weighted by Gasteiger charge is -2.36. The molecule has 0 unspecified atom stereocenters. The van der Waals surface area contributed by atoms with Gasteiger partial charge in [-0.15, -0.1) is 0 Å². The minimum Gasteiger partial charge on any atom is -0.369 e. The summed E-state index contributed by atoms with van der Waals surface area (Å²) in [5, 5.41) is 6.21. The SMILES string of the molecule is Cc1ccccc1N1CCN(CC(=O)N2CCC(c3ccccc3)=N2)CC1. The summed E-state index contributed by atoms with van der Waals surface area (Å²) >= 11 is 0. The van der Waals surface area contributed by atoms with Crippen LogP contribution in [0.2, 0.25) is 0 Å². The molecule has 1 fully saturated rings. The van der Waals surface area contributed by atoms with Gasteiger partial charge in [-0.25, -0.2) is 5.01 Å². The molecule has 0 saturated carbocycles. The van der Waals surface area contributed by atoms with E-state index in [9.17, 15) is 4.79 Å². The summed E-state index contributed by atoms with van der Waals surface area (Å²) in [6.45, 7) is 7.01. The number of benzene rings is 2. The van der Waals surface area contributed by atoms with Crippen LogP contribution in [-0.4, -0.2) is 60.8 Å². The highest BCUT2D eigenvalue weighted by atomic mass is 16.2. The Morgan fingerprint density at radius 1 is 0.926 bits per heavy atom. The van der Waals surface area contributed by atoms with E-state index in [1.807, 2.05) is 18.2 Å². The molecule has 1 saturated heterocycles. The Kier molecular flexibility index (Phi) is 5.21. The monoisotopic (exact) mass is 362 g/mol. The van der Waals surface area contributed by atoms with Gasteiger partial charge in [0.15, 0.2) is 0 Å². The lowest BCUT2D eigenvalue weighted by molar-refractivity contribution is -0.132. The summed E-state index contributed by atoms with van der Waals surface area (Å²) in [5.74, 6) is 0.102. The predicted molar refractivity (Wildman–Crippen MR) is 109 cm³/mol. The summed E-state index contributed by atoms with van der Waals surface area (Å²) in [4.78, 5) is 17.3. The van der Waals surface area contributed by atoms with Gasteiger partial charge in [0.1, 0.15) is 0 Å². The van der Waals surface area contributed by atoms with Crippen molar-refractivity contribution in [2.24, 2.45) is 5.10 Å². The molecule has 0 aromatic heterocycles. The number of hydrogen-bond donors (Lipinski definition) is 0. The Labute approximate surface area is 160 Å². The molecule has 2 aromatic carbocycles. The van der Waals surface area contributed by atoms with Crippen LogP contribution in [0.4, 0.5) is 5.69 Å². The fourth-order valence-electron chi connectivity index (χ4n) is 3.81. The first kappa shape index (κ1) is 17.7. The van der Waals surface area contributed by atoms with Crippen LogP contribution in [-0.2, 0) is 4.79 Å². The fourth-order valence-corrected chi connectivity index (χ4v) is 3.81. The Hall–Kier alpha value is -2.66. The molecule has 0 spiro atoms. The van der Waals surface area contributed by atoms with Crippen LogP contribution < -0.4 is 4.90 Å². The third-order valence-electron chi connectivity index (χ3n) is 5.38. The Balaban J connectivity index is 1.31. The van der Waals surface area contributed by atoms with Gasteiger partial charge in [0, 0.05) is 38.3 Å². The summed E-state index contributed by atoms with van der Waals surface area (Å²) in [5.41, 5.74) is 4.73. The fraction of sp³-hybridized carbons (Fsp3) is 0.364. The molecule has 5 nitrogen and oxygen atoms in total. The van der Waals surface area contributed by atoms with Crippen LogP contribution in [0, 0.1) is 6.92 Å². The van der Waals surface area contributed by atoms with Gasteiger partial charge >= 0.3 is 0 Å². The summed E-state index contributed by atoms with van der Waals surface area (Å²) in [6.07, 6.45) is 0.830. The minimum absolute atomic E-state index is 0.102. The zero-order chi connectivity index (χ0) is 18.6. The Morgan fingerprint density at radius 2 is 1.63 bits per heavy atom. The maximum absolute atomic E-state index is 12.7. The molecular formula is C22H26N4O. The molecule has 27 heavy (non-hydrogen) atoms. The summed E-state index contributed by atoms with van der Waals surface area (Å²) in [7, 11) is 0. The quantitative estimate of drug-likeness (QED) is 0.840. The molecule has 2 aromatic rings. The molecule has 2 aliphatic rings. The van der Waals surface area contributed by atoms with Crippen molar-refractivity contribution in [3.8, 4) is 0 Å². The van der Waals surface area contributed by atoms with Crippen molar-refractivity contribution in [2.45, 2.75) is 13.3 Å². The van der Waals surface area contributed by atoms with Gasteiger partial charge in [0.05, 0.1) is 18.8 Å². The van der Waals surface area contributed by atoms with Crippen molar-refractivity contribution in [2.75, 3.05) is 44.2 Å². The molecule has 2 aliphatic heterocycles. The number of rotatable bonds is 4. The first-order valence-corrected chi connectivity index (χ1v) is 9.67. The molecule has 2 heterocycles. The van der Waals surface area contributed by atoms with Gasteiger partial charge in [0.2, 0.25) is 0 Å². The van der Waals surface area contributed by atoms with Crippen molar-refractivity contribution in [1.29, 1.82) is 0 Å². The first-order chi connectivity index (χ1) is 13.2. The number of hydrazone groups is 1. The van der Waals surface area contributed by atoms with Gasteiger partial charge in [-0.05, 0) is 24.1 Å². The second-order valence-corrected chi connectivity index (χ2v) is 7.23. The average Bonchev–Trinajstić information content (AvgIpc) is 3.20. The van der Waals surface area contributed by atoms with Crippen LogP contribution in [0.25, 0.3) is 0 Å². The summed E-state index contributed by atoms with van der Waals surface area (Å²) < 4.78 is 0. The smallest absolute Gasteiger partial charge is 0.256 e. The topological polar surface area (TPSA) is 39.1 Å². The van der Waals surface area contributed by atoms with Gasteiger partial charge in [-0.1, -0.05) is 48.5 Å². The molecule has 0 radical (unpaired) electrons. The molecule has 0 N–H and O–H groups in total. The third kappa shape index (κ3) is 4.03. The van der Waals surface area contributed by atoms with Crippen LogP contribution in [0.5, 0.6) is 0 Å². The van der Waals surface area contributed by atoms with E-state index in [1.54, 1.807) is 5.01 Å². The van der Waals surface area contributed by atoms with E-state index in [0.717, 1.165) is 43.9 Å². The lowest BCUT2D eigenvalue weighted by Crippen LogP contribution is -2.49. The van der Waals surface area contributed by atoms with Crippen molar-refractivity contribution < 1.29 is 4.79 Å². The van der Waals surface area contributed by atoms with Crippen LogP contribution in [0.1, 0.15) is 17.5 Å². The van der Waals surface area contributed by atoms with Crippen LogP contribution >= 0.6 is 0 Å². The number of aryl methyl sites for hydroxylation is 1. The number of anilines is 1. The van der Waals surface area contributed by atoms with E-state index in [2.05, 4.69) is 58.2 Å². The Bertz CT molecular complexity index is 825. The highest BCUT2D eigenvalue weighted by Gasteiger charge is 2.25. The molecule has 4 rings (SSSR count). The number of piperazine rings is 1. The lowest BCUT2D eigenvalue weighted by atomic mass is 10.1. The van der Waals surface area contributed by atoms with E-state index in [1.165, 1.54) is 11.3 Å². The van der Waals surface area contributed by atoms with Gasteiger partial charge < -0.3 is 4.90 Å². The number of carbonyl (C=O) groups is 1. The zero-order valence-electron chi connectivity index (χ0n) is 15.8. The second kappa shape index (κ2) is 7.92. The number of amides is 1. The first-order valence-electron chi connectivity index (χ1n) is 9.67. The van der Waals surface area contributed by atoms with Crippen molar-refractivity contribution in [3.63, 3.8) is 0 Å². The standard InChI is InChI=1S/C22H26N4O/c1-18-7-5-6-10-21(18)25-15-13-24(14-16-25)17-22(27)26-12-11-20(23-26)19-8-3-2-4-9-19/h2-10H,11-17H2,1H3. The largest absolute Gasteiger partial charge is 0.369 e. The molecule has 140 valence electrons. The number of hydrogen-bond acceptors (Lipinski definition) is 4. The van der Waals surface area contributed by atoms with E-state index in [4.69, 9.17) is 0 Å². The van der Waals surface area contributed by atoms with Crippen molar-refractivity contribution in [1.82, 2.24) is 9.91 Å². The highest BCUT2D eigenvalue weighted by Crippen LogP contribution is 2.21. The van der Waals surface area contributed by atoms with E-state index in [0.29, 0.717) is 13.1 Å². The zero-order valence-corrected chi connectivity index (χ0v) is 15.8. The average molecular weight is 362 g/mol. The van der Waals surface area contributed by atoms with Crippen LogP contribution in [0.3, 0.4) is 0 Å². The maximum Gasteiger partial charge on any atom is 0.256 e. The third-order valence-corrected chi connectivity index (χ3v) is 5.38. The number of nitrogens with zero attached hydrogens (tertiary/aromatic N) is 4. The number of carbonyl (C=O) groups excluding carboxylic acids is 1. The van der Waals surface area contributed by atoms with E-state index < -0.39 is 0 Å². The predicted octanol–water partition coefficient (Wildman–Crippen LogP) is 2.75. The molecule has 0 atom stereocenters. The molecule has 1 amide bonds. The van der Waals surface area contributed by atoms with Crippen LogP contribution in [0.15, 0.2) is 59.7 Å². The van der Waals surface area contributed by atoms with Gasteiger partial charge in [0.25, 0.3) is 5.91 Å². The number of para-hydroxylation sites is 1.